The Morgan fingerprint density at radius 2 is 2.18 bits per heavy atom. The molecule has 3 nitrogen and oxygen atoms in total. The predicted octanol–water partition coefficient (Wildman–Crippen LogP) is 0.491. The maximum Gasteiger partial charge on any atom is 0.320 e. The lowest BCUT2D eigenvalue weighted by molar-refractivity contribution is -0.141. The molecule has 1 aliphatic carbocycles. The second kappa shape index (κ2) is 2.99. The minimum absolute atomic E-state index is 0. The van der Waals surface area contributed by atoms with Gasteiger partial charge in [-0.3, -0.25) is 4.79 Å². The van der Waals surface area contributed by atoms with Gasteiger partial charge in [0.25, 0.3) is 0 Å². The maximum absolute atomic E-state index is 10.5. The molecule has 2 fully saturated rings. The zero-order valence-corrected chi connectivity index (χ0v) is 6.93. The van der Waals surface area contributed by atoms with Gasteiger partial charge in [0.05, 0.1) is 0 Å². The van der Waals surface area contributed by atoms with Crippen LogP contribution in [0.15, 0.2) is 0 Å². The summed E-state index contributed by atoms with van der Waals surface area (Å²) in [6.07, 6.45) is 2.33. The van der Waals surface area contributed by atoms with Crippen molar-refractivity contribution in [1.29, 1.82) is 0 Å². The van der Waals surface area contributed by atoms with Crippen molar-refractivity contribution in [3.8, 4) is 0 Å². The van der Waals surface area contributed by atoms with E-state index >= 15 is 0 Å². The van der Waals surface area contributed by atoms with Crippen molar-refractivity contribution >= 4 is 18.4 Å². The summed E-state index contributed by atoms with van der Waals surface area (Å²) in [7, 11) is 0. The van der Waals surface area contributed by atoms with Gasteiger partial charge in [-0.1, -0.05) is 0 Å². The third-order valence-corrected chi connectivity index (χ3v) is 2.77. The van der Waals surface area contributed by atoms with E-state index in [1.807, 2.05) is 0 Å². The maximum atomic E-state index is 10.5. The molecule has 1 saturated heterocycles. The summed E-state index contributed by atoms with van der Waals surface area (Å²) >= 11 is 0. The fourth-order valence-corrected chi connectivity index (χ4v) is 1.99. The van der Waals surface area contributed by atoms with Crippen LogP contribution in [0, 0.1) is 11.8 Å². The van der Waals surface area contributed by atoms with Crippen LogP contribution in [0.25, 0.3) is 0 Å². The minimum atomic E-state index is -0.674. The number of carboxylic acids is 1. The predicted molar refractivity (Wildman–Crippen MR) is 42.9 cm³/mol. The molecule has 0 aromatic heterocycles. The zero-order valence-electron chi connectivity index (χ0n) is 6.12. The highest BCUT2D eigenvalue weighted by Gasteiger charge is 2.45. The van der Waals surface area contributed by atoms with Crippen molar-refractivity contribution in [3.05, 3.63) is 0 Å². The number of carbonyl (C=O) groups is 1. The Morgan fingerprint density at radius 1 is 1.45 bits per heavy atom. The first-order valence-electron chi connectivity index (χ1n) is 3.75. The smallest absolute Gasteiger partial charge is 0.320 e. The first-order chi connectivity index (χ1) is 4.79. The second-order valence-corrected chi connectivity index (χ2v) is 3.23. The topological polar surface area (TPSA) is 49.3 Å². The van der Waals surface area contributed by atoms with E-state index in [1.165, 1.54) is 6.42 Å². The van der Waals surface area contributed by atoms with Crippen LogP contribution in [0.4, 0.5) is 0 Å². The van der Waals surface area contributed by atoms with Crippen LogP contribution in [0.2, 0.25) is 0 Å². The van der Waals surface area contributed by atoms with Crippen molar-refractivity contribution in [1.82, 2.24) is 5.32 Å². The first-order valence-corrected chi connectivity index (χ1v) is 3.75. The number of hydrogen-bond donors (Lipinski definition) is 2. The average molecular weight is 178 g/mol. The second-order valence-electron chi connectivity index (χ2n) is 3.23. The number of nitrogens with one attached hydrogen (secondary N) is 1. The van der Waals surface area contributed by atoms with Crippen LogP contribution in [-0.2, 0) is 4.79 Å². The highest BCUT2D eigenvalue weighted by atomic mass is 35.5. The van der Waals surface area contributed by atoms with E-state index in [9.17, 15) is 4.79 Å². The summed E-state index contributed by atoms with van der Waals surface area (Å²) < 4.78 is 0. The molecule has 0 amide bonds. The summed E-state index contributed by atoms with van der Waals surface area (Å²) in [6, 6.07) is -0.237. The lowest BCUT2D eigenvalue weighted by atomic mass is 9.73. The quantitative estimate of drug-likeness (QED) is 0.613. The number of carboxylic acid groups (broad SMARTS) is 1. The Hall–Kier alpha value is -0.280. The van der Waals surface area contributed by atoms with Crippen molar-refractivity contribution in [2.75, 3.05) is 6.54 Å². The first kappa shape index (κ1) is 8.81. The monoisotopic (exact) mass is 177 g/mol. The van der Waals surface area contributed by atoms with Gasteiger partial charge >= 0.3 is 5.97 Å². The van der Waals surface area contributed by atoms with Crippen LogP contribution in [0.5, 0.6) is 0 Å². The van der Waals surface area contributed by atoms with E-state index < -0.39 is 5.97 Å². The molecule has 64 valence electrons. The van der Waals surface area contributed by atoms with Crippen molar-refractivity contribution in [2.45, 2.75) is 18.9 Å². The molecule has 4 heteroatoms. The Morgan fingerprint density at radius 3 is 2.45 bits per heavy atom. The molecule has 1 aliphatic heterocycles. The van der Waals surface area contributed by atoms with E-state index in [-0.39, 0.29) is 18.4 Å². The summed E-state index contributed by atoms with van der Waals surface area (Å²) in [5, 5.41) is 11.7. The molecule has 1 heterocycles. The molecule has 2 N–H and O–H groups in total. The molecule has 0 unspecified atom stereocenters. The van der Waals surface area contributed by atoms with Crippen molar-refractivity contribution < 1.29 is 9.90 Å². The highest BCUT2D eigenvalue weighted by molar-refractivity contribution is 5.85. The van der Waals surface area contributed by atoms with Gasteiger partial charge in [-0.05, 0) is 31.2 Å². The molecular formula is C7H12ClNO2. The number of hydrogen-bond acceptors (Lipinski definition) is 2. The van der Waals surface area contributed by atoms with Crippen LogP contribution >= 0.6 is 12.4 Å². The fourth-order valence-electron chi connectivity index (χ4n) is 1.99. The molecule has 0 aromatic carbocycles. The molecule has 2 rings (SSSR count). The lowest BCUT2D eigenvalue weighted by Crippen LogP contribution is -2.38. The third kappa shape index (κ3) is 1.23. The summed E-state index contributed by atoms with van der Waals surface area (Å²) in [5.74, 6) is 0.436. The van der Waals surface area contributed by atoms with Crippen molar-refractivity contribution in [2.24, 2.45) is 11.8 Å². The summed E-state index contributed by atoms with van der Waals surface area (Å²) in [4.78, 5) is 10.5. The van der Waals surface area contributed by atoms with Gasteiger partial charge in [0.2, 0.25) is 0 Å². The van der Waals surface area contributed by atoms with Crippen LogP contribution < -0.4 is 5.32 Å². The molecule has 11 heavy (non-hydrogen) atoms. The van der Waals surface area contributed by atoms with Gasteiger partial charge in [-0.15, -0.1) is 12.4 Å². The van der Waals surface area contributed by atoms with Gasteiger partial charge in [-0.25, -0.2) is 0 Å². The molecule has 1 saturated carbocycles. The molecule has 2 aliphatic rings. The third-order valence-electron chi connectivity index (χ3n) is 2.77. The van der Waals surface area contributed by atoms with Crippen LogP contribution in [0.3, 0.4) is 0 Å². The van der Waals surface area contributed by atoms with Crippen LogP contribution in [-0.4, -0.2) is 23.7 Å². The highest BCUT2D eigenvalue weighted by Crippen LogP contribution is 2.40. The van der Waals surface area contributed by atoms with Gasteiger partial charge in [0.15, 0.2) is 0 Å². The lowest BCUT2D eigenvalue weighted by Gasteiger charge is -2.30. The molecule has 0 bridgehead atoms. The van der Waals surface area contributed by atoms with Gasteiger partial charge < -0.3 is 10.4 Å². The number of fused-ring (bicyclic) bond motifs is 1. The van der Waals surface area contributed by atoms with E-state index in [4.69, 9.17) is 5.11 Å². The normalized spacial score (nSPS) is 40.2. The number of aliphatic carboxylic acids is 1. The molecule has 0 spiro atoms. The fraction of sp³-hybridized carbons (Fsp3) is 0.857. The van der Waals surface area contributed by atoms with E-state index in [0.29, 0.717) is 11.8 Å². The van der Waals surface area contributed by atoms with Crippen LogP contribution in [0.1, 0.15) is 12.8 Å². The van der Waals surface area contributed by atoms with Gasteiger partial charge in [-0.2, -0.15) is 0 Å². The average Bonchev–Trinajstić information content (AvgIpc) is 2.07. The van der Waals surface area contributed by atoms with E-state index in [1.54, 1.807) is 0 Å². The minimum Gasteiger partial charge on any atom is -0.480 e. The Bertz CT molecular complexity index is 174. The number of rotatable bonds is 1. The molecular weight excluding hydrogens is 166 g/mol. The molecule has 0 radical (unpaired) electrons. The largest absolute Gasteiger partial charge is 0.480 e. The summed E-state index contributed by atoms with van der Waals surface area (Å²) in [5.41, 5.74) is 0. The zero-order chi connectivity index (χ0) is 7.14. The Kier molecular flexibility index (Phi) is 2.40. The molecule has 0 aromatic rings. The number of halogens is 1. The Labute approximate surface area is 71.6 Å². The van der Waals surface area contributed by atoms with E-state index in [0.717, 1.165) is 13.0 Å². The SMILES string of the molecule is Cl.O=C(O)[C@@H]1NC[C@H]2CC[C@H]21. The standard InChI is InChI=1S/C7H11NO2.ClH/c9-7(10)6-5-2-1-4(5)3-8-6;/h4-6,8H,1-3H2,(H,9,10);1H/t4-,5-,6-;/m1./s1. The van der Waals surface area contributed by atoms with Crippen molar-refractivity contribution in [3.63, 3.8) is 0 Å². The molecule has 3 atom stereocenters. The Balaban J connectivity index is 0.000000605. The summed E-state index contributed by atoms with van der Waals surface area (Å²) in [6.45, 7) is 0.918. The van der Waals surface area contributed by atoms with Gasteiger partial charge in [0.1, 0.15) is 6.04 Å². The van der Waals surface area contributed by atoms with E-state index in [2.05, 4.69) is 5.32 Å². The van der Waals surface area contributed by atoms with Gasteiger partial charge in [0, 0.05) is 0 Å².